The topological polar surface area (TPSA) is 51.9 Å². The van der Waals surface area contributed by atoms with Crippen LogP contribution < -0.4 is 15.1 Å². The lowest BCUT2D eigenvalue weighted by Crippen LogP contribution is -2.24. The Bertz CT molecular complexity index is 1100. The van der Waals surface area contributed by atoms with Crippen molar-refractivity contribution >= 4 is 11.0 Å². The van der Waals surface area contributed by atoms with Crippen molar-refractivity contribution in [3.8, 4) is 11.5 Å². The van der Waals surface area contributed by atoms with Crippen LogP contribution in [0, 0.1) is 13.8 Å². The summed E-state index contributed by atoms with van der Waals surface area (Å²) in [5.74, 6) is 1.69. The number of nitrogens with zero attached hydrogens (tertiary/aromatic N) is 1. The molecule has 4 rings (SSSR count). The van der Waals surface area contributed by atoms with Gasteiger partial charge < -0.3 is 13.9 Å². The average molecular weight is 393 g/mol. The van der Waals surface area contributed by atoms with E-state index in [4.69, 9.17) is 13.9 Å². The molecule has 1 atom stereocenters. The summed E-state index contributed by atoms with van der Waals surface area (Å²) in [6, 6.07) is 11.9. The zero-order chi connectivity index (χ0) is 20.5. The van der Waals surface area contributed by atoms with Gasteiger partial charge in [-0.1, -0.05) is 12.1 Å². The summed E-state index contributed by atoms with van der Waals surface area (Å²) in [6.45, 7) is 5.70. The van der Waals surface area contributed by atoms with Crippen LogP contribution >= 0.6 is 0 Å². The summed E-state index contributed by atoms with van der Waals surface area (Å²) >= 11 is 0. The van der Waals surface area contributed by atoms with E-state index in [1.54, 1.807) is 20.3 Å². The van der Waals surface area contributed by atoms with E-state index >= 15 is 0 Å². The third-order valence-corrected chi connectivity index (χ3v) is 6.05. The Morgan fingerprint density at radius 2 is 1.93 bits per heavy atom. The number of fused-ring (bicyclic) bond motifs is 1. The first-order valence-corrected chi connectivity index (χ1v) is 10.0. The van der Waals surface area contributed by atoms with Gasteiger partial charge in [-0.25, -0.2) is 4.79 Å². The van der Waals surface area contributed by atoms with Crippen molar-refractivity contribution < 1.29 is 13.9 Å². The number of hydrogen-bond acceptors (Lipinski definition) is 5. The highest BCUT2D eigenvalue weighted by atomic mass is 16.5. The molecule has 29 heavy (non-hydrogen) atoms. The molecule has 2 aromatic carbocycles. The predicted octanol–water partition coefficient (Wildman–Crippen LogP) is 4.76. The Morgan fingerprint density at radius 3 is 2.69 bits per heavy atom. The number of hydrogen-bond donors (Lipinski definition) is 0. The average Bonchev–Trinajstić information content (AvgIpc) is 3.18. The molecule has 2 heterocycles. The molecule has 0 spiro atoms. The second kappa shape index (κ2) is 7.91. The third kappa shape index (κ3) is 3.62. The number of aryl methyl sites for hydroxylation is 2. The molecule has 1 aliphatic rings. The molecular formula is C24H27NO4. The van der Waals surface area contributed by atoms with Crippen LogP contribution in [0.1, 0.15) is 41.1 Å². The van der Waals surface area contributed by atoms with Crippen molar-refractivity contribution in [3.05, 3.63) is 69.1 Å². The maximum atomic E-state index is 12.3. The van der Waals surface area contributed by atoms with Gasteiger partial charge >= 0.3 is 5.63 Å². The van der Waals surface area contributed by atoms with Crippen molar-refractivity contribution in [2.24, 2.45) is 0 Å². The highest BCUT2D eigenvalue weighted by Gasteiger charge is 2.29. The molecule has 0 N–H and O–H groups in total. The third-order valence-electron chi connectivity index (χ3n) is 6.05. The van der Waals surface area contributed by atoms with Gasteiger partial charge in [0.1, 0.15) is 17.1 Å². The van der Waals surface area contributed by atoms with Crippen molar-refractivity contribution in [1.29, 1.82) is 0 Å². The van der Waals surface area contributed by atoms with Crippen molar-refractivity contribution in [2.75, 3.05) is 20.8 Å². The van der Waals surface area contributed by atoms with Gasteiger partial charge in [0.2, 0.25) is 0 Å². The Hall–Kier alpha value is -2.79. The molecule has 152 valence electrons. The standard InChI is InChI=1S/C24H27NO4/c1-15-7-9-19-17(12-23(26)29-24(19)16(15)2)14-25-11-5-6-21(25)20-13-18(27-3)8-10-22(20)28-4/h7-10,12-13,21H,5-6,11,14H2,1-4H3/t21-/m0/s1. The number of rotatable bonds is 5. The first-order chi connectivity index (χ1) is 14.0. The van der Waals surface area contributed by atoms with Crippen LogP contribution in [0.2, 0.25) is 0 Å². The van der Waals surface area contributed by atoms with E-state index < -0.39 is 0 Å². The van der Waals surface area contributed by atoms with Gasteiger partial charge in [0, 0.05) is 29.6 Å². The monoisotopic (exact) mass is 393 g/mol. The molecule has 0 radical (unpaired) electrons. The summed E-state index contributed by atoms with van der Waals surface area (Å²) in [4.78, 5) is 14.7. The summed E-state index contributed by atoms with van der Waals surface area (Å²) < 4.78 is 16.6. The van der Waals surface area contributed by atoms with Crippen LogP contribution in [0.15, 0.2) is 45.6 Å². The second-order valence-corrected chi connectivity index (χ2v) is 7.71. The SMILES string of the molecule is COc1ccc(OC)c([C@@H]2CCCN2Cc2cc(=O)oc3c(C)c(C)ccc23)c1. The molecule has 1 aromatic heterocycles. The summed E-state index contributed by atoms with van der Waals surface area (Å²) in [7, 11) is 3.38. The van der Waals surface area contributed by atoms with E-state index in [1.165, 1.54) is 0 Å². The van der Waals surface area contributed by atoms with Gasteiger partial charge in [-0.15, -0.1) is 0 Å². The molecule has 1 fully saturated rings. The maximum Gasteiger partial charge on any atom is 0.336 e. The first-order valence-electron chi connectivity index (χ1n) is 10.0. The van der Waals surface area contributed by atoms with Gasteiger partial charge in [-0.3, -0.25) is 4.90 Å². The van der Waals surface area contributed by atoms with Crippen molar-refractivity contribution in [1.82, 2.24) is 4.90 Å². The first kappa shape index (κ1) is 19.5. The Labute approximate surface area is 170 Å². The van der Waals surface area contributed by atoms with Gasteiger partial charge in [0.25, 0.3) is 0 Å². The molecule has 0 bridgehead atoms. The van der Waals surface area contributed by atoms with Crippen molar-refractivity contribution in [3.63, 3.8) is 0 Å². The van der Waals surface area contributed by atoms with Crippen LogP contribution in [0.5, 0.6) is 11.5 Å². The molecule has 5 heteroatoms. The molecular weight excluding hydrogens is 366 g/mol. The molecule has 3 aromatic rings. The fourth-order valence-corrected chi connectivity index (χ4v) is 4.34. The lowest BCUT2D eigenvalue weighted by Gasteiger charge is -2.27. The minimum absolute atomic E-state index is 0.217. The van der Waals surface area contributed by atoms with E-state index in [0.29, 0.717) is 12.1 Å². The molecule has 1 aliphatic heterocycles. The molecule has 1 saturated heterocycles. The minimum Gasteiger partial charge on any atom is -0.497 e. The Balaban J connectivity index is 1.74. The molecule has 0 aliphatic carbocycles. The lowest BCUT2D eigenvalue weighted by molar-refractivity contribution is 0.243. The van der Waals surface area contributed by atoms with Crippen LogP contribution in [0.3, 0.4) is 0 Å². The Kier molecular flexibility index (Phi) is 5.33. The lowest BCUT2D eigenvalue weighted by atomic mass is 10.0. The summed E-state index contributed by atoms with van der Waals surface area (Å²) in [6.07, 6.45) is 2.14. The molecule has 0 saturated carbocycles. The number of benzene rings is 2. The number of likely N-dealkylation sites (tertiary alicyclic amines) is 1. The van der Waals surface area contributed by atoms with Crippen LogP contribution in [-0.4, -0.2) is 25.7 Å². The zero-order valence-corrected chi connectivity index (χ0v) is 17.5. The van der Waals surface area contributed by atoms with Gasteiger partial charge in [0.15, 0.2) is 0 Å². The summed E-state index contributed by atoms with van der Waals surface area (Å²) in [5.41, 5.74) is 4.68. The largest absolute Gasteiger partial charge is 0.497 e. The highest BCUT2D eigenvalue weighted by molar-refractivity contribution is 5.83. The molecule has 5 nitrogen and oxygen atoms in total. The fraction of sp³-hybridized carbons (Fsp3) is 0.375. The number of methoxy groups -OCH3 is 2. The van der Waals surface area contributed by atoms with Gasteiger partial charge in [0.05, 0.1) is 14.2 Å². The normalized spacial score (nSPS) is 17.0. The van der Waals surface area contributed by atoms with Gasteiger partial charge in [-0.2, -0.15) is 0 Å². The van der Waals surface area contributed by atoms with E-state index in [9.17, 15) is 4.79 Å². The van der Waals surface area contributed by atoms with Crippen LogP contribution in [0.25, 0.3) is 11.0 Å². The molecule has 0 amide bonds. The van der Waals surface area contributed by atoms with Crippen LogP contribution in [-0.2, 0) is 6.54 Å². The van der Waals surface area contributed by atoms with Gasteiger partial charge in [-0.05, 0) is 68.1 Å². The quantitative estimate of drug-likeness (QED) is 0.585. The fourth-order valence-electron chi connectivity index (χ4n) is 4.34. The second-order valence-electron chi connectivity index (χ2n) is 7.71. The minimum atomic E-state index is -0.295. The highest BCUT2D eigenvalue weighted by Crippen LogP contribution is 2.40. The zero-order valence-electron chi connectivity index (χ0n) is 17.5. The van der Waals surface area contributed by atoms with E-state index in [-0.39, 0.29) is 11.7 Å². The maximum absolute atomic E-state index is 12.3. The van der Waals surface area contributed by atoms with E-state index in [0.717, 1.165) is 58.5 Å². The van der Waals surface area contributed by atoms with Crippen LogP contribution in [0.4, 0.5) is 0 Å². The Morgan fingerprint density at radius 1 is 1.10 bits per heavy atom. The van der Waals surface area contributed by atoms with E-state index in [2.05, 4.69) is 23.1 Å². The summed E-state index contributed by atoms with van der Waals surface area (Å²) in [5, 5.41) is 1.01. The van der Waals surface area contributed by atoms with Crippen molar-refractivity contribution in [2.45, 2.75) is 39.3 Å². The van der Waals surface area contributed by atoms with E-state index in [1.807, 2.05) is 26.0 Å². The smallest absolute Gasteiger partial charge is 0.336 e. The number of ether oxygens (including phenoxy) is 2. The molecule has 0 unspecified atom stereocenters. The predicted molar refractivity (Wildman–Crippen MR) is 114 cm³/mol.